The number of hydrogen-bond donors (Lipinski definition) is 1. The number of rotatable bonds is 4. The van der Waals surface area contributed by atoms with Gasteiger partial charge in [0.05, 0.1) is 0 Å². The Kier molecular flexibility index (Phi) is 4.58. The molecule has 2 aliphatic rings. The van der Waals surface area contributed by atoms with E-state index < -0.39 is 5.97 Å². The first-order valence-corrected chi connectivity index (χ1v) is 6.84. The lowest BCUT2D eigenvalue weighted by Gasteiger charge is -2.41. The number of carboxylic acid groups (broad SMARTS) is 1. The van der Waals surface area contributed by atoms with Crippen LogP contribution in [0.3, 0.4) is 0 Å². The minimum Gasteiger partial charge on any atom is -0.481 e. The van der Waals surface area contributed by atoms with Crippen LogP contribution >= 0.6 is 0 Å². The zero-order chi connectivity index (χ0) is 13.0. The van der Waals surface area contributed by atoms with E-state index in [9.17, 15) is 9.59 Å². The Hall–Kier alpha value is -1.10. The molecule has 0 spiro atoms. The monoisotopic (exact) mass is 254 g/mol. The van der Waals surface area contributed by atoms with Crippen LogP contribution in [0, 0.1) is 5.92 Å². The first kappa shape index (κ1) is 13.3. The van der Waals surface area contributed by atoms with Crippen LogP contribution in [-0.2, 0) is 9.59 Å². The molecular formula is C13H22N2O3. The molecule has 0 unspecified atom stereocenters. The first-order chi connectivity index (χ1) is 8.69. The van der Waals surface area contributed by atoms with Crippen LogP contribution in [0.25, 0.3) is 0 Å². The number of carboxylic acids is 1. The summed E-state index contributed by atoms with van der Waals surface area (Å²) in [4.78, 5) is 25.6. The molecule has 2 rings (SSSR count). The third-order valence-corrected chi connectivity index (χ3v) is 4.29. The van der Waals surface area contributed by atoms with E-state index in [2.05, 4.69) is 4.90 Å². The van der Waals surface area contributed by atoms with Crippen molar-refractivity contribution in [1.82, 2.24) is 9.80 Å². The van der Waals surface area contributed by atoms with E-state index in [0.29, 0.717) is 18.4 Å². The molecule has 102 valence electrons. The van der Waals surface area contributed by atoms with Crippen LogP contribution in [-0.4, -0.2) is 59.5 Å². The van der Waals surface area contributed by atoms with Crippen molar-refractivity contribution in [3.8, 4) is 0 Å². The molecule has 0 aromatic heterocycles. The van der Waals surface area contributed by atoms with Crippen molar-refractivity contribution in [2.75, 3.05) is 26.2 Å². The van der Waals surface area contributed by atoms with Gasteiger partial charge in [-0.3, -0.25) is 14.5 Å². The molecule has 0 bridgehead atoms. The molecule has 1 heterocycles. The summed E-state index contributed by atoms with van der Waals surface area (Å²) in [5.41, 5.74) is 0. The molecule has 18 heavy (non-hydrogen) atoms. The van der Waals surface area contributed by atoms with Gasteiger partial charge < -0.3 is 10.0 Å². The summed E-state index contributed by atoms with van der Waals surface area (Å²) < 4.78 is 0. The summed E-state index contributed by atoms with van der Waals surface area (Å²) in [5.74, 6) is -0.298. The average Bonchev–Trinajstić information content (AvgIpc) is 2.39. The van der Waals surface area contributed by atoms with Gasteiger partial charge in [-0.25, -0.2) is 0 Å². The van der Waals surface area contributed by atoms with Crippen molar-refractivity contribution >= 4 is 12.4 Å². The number of carbonyl (C=O) groups is 2. The second kappa shape index (κ2) is 6.18. The topological polar surface area (TPSA) is 60.9 Å². The predicted octanol–water partition coefficient (Wildman–Crippen LogP) is 0.794. The largest absolute Gasteiger partial charge is 0.481 e. The minimum absolute atomic E-state index is 0.325. The van der Waals surface area contributed by atoms with Gasteiger partial charge in [-0.05, 0) is 31.6 Å². The number of nitrogens with zero attached hydrogens (tertiary/aromatic N) is 2. The number of hydrogen-bond acceptors (Lipinski definition) is 3. The number of aliphatic carboxylic acids is 1. The summed E-state index contributed by atoms with van der Waals surface area (Å²) in [6, 6.07) is 0.601. The Balaban J connectivity index is 1.73. The van der Waals surface area contributed by atoms with Gasteiger partial charge in [0, 0.05) is 38.6 Å². The summed E-state index contributed by atoms with van der Waals surface area (Å²) in [5, 5.41) is 8.79. The molecule has 1 saturated heterocycles. The summed E-state index contributed by atoms with van der Waals surface area (Å²) in [6.45, 7) is 3.59. The van der Waals surface area contributed by atoms with Crippen molar-refractivity contribution in [3.05, 3.63) is 0 Å². The van der Waals surface area contributed by atoms with Crippen LogP contribution in [0.1, 0.15) is 32.1 Å². The number of carbonyl (C=O) groups excluding carboxylic acids is 1. The van der Waals surface area contributed by atoms with Crippen LogP contribution in [0.4, 0.5) is 0 Å². The smallest absolute Gasteiger partial charge is 0.303 e. The van der Waals surface area contributed by atoms with E-state index in [4.69, 9.17) is 5.11 Å². The van der Waals surface area contributed by atoms with Crippen LogP contribution < -0.4 is 0 Å². The molecule has 2 fully saturated rings. The lowest BCUT2D eigenvalue weighted by molar-refractivity contribution is -0.138. The average molecular weight is 254 g/mol. The highest BCUT2D eigenvalue weighted by molar-refractivity contribution is 5.67. The van der Waals surface area contributed by atoms with Crippen LogP contribution in [0.15, 0.2) is 0 Å². The highest BCUT2D eigenvalue weighted by Gasteiger charge is 2.28. The molecule has 5 nitrogen and oxygen atoms in total. The maximum absolute atomic E-state index is 10.7. The molecule has 1 saturated carbocycles. The highest BCUT2D eigenvalue weighted by Crippen LogP contribution is 2.30. The minimum atomic E-state index is -0.668. The Labute approximate surface area is 108 Å². The van der Waals surface area contributed by atoms with E-state index in [1.165, 1.54) is 0 Å². The lowest BCUT2D eigenvalue weighted by Crippen LogP contribution is -2.50. The Morgan fingerprint density at radius 3 is 2.22 bits per heavy atom. The molecule has 5 heteroatoms. The van der Waals surface area contributed by atoms with Gasteiger partial charge in [0.25, 0.3) is 0 Å². The molecular weight excluding hydrogens is 232 g/mol. The van der Waals surface area contributed by atoms with Crippen LogP contribution in [0.2, 0.25) is 0 Å². The molecule has 0 aromatic rings. The zero-order valence-corrected chi connectivity index (χ0v) is 10.8. The van der Waals surface area contributed by atoms with Gasteiger partial charge in [-0.1, -0.05) is 0 Å². The van der Waals surface area contributed by atoms with Crippen molar-refractivity contribution < 1.29 is 14.7 Å². The second-order valence-corrected chi connectivity index (χ2v) is 5.45. The van der Waals surface area contributed by atoms with Gasteiger partial charge >= 0.3 is 5.97 Å². The number of amides is 1. The highest BCUT2D eigenvalue weighted by atomic mass is 16.4. The molecule has 1 N–H and O–H groups in total. The van der Waals surface area contributed by atoms with E-state index in [0.717, 1.165) is 58.3 Å². The molecule has 1 amide bonds. The van der Waals surface area contributed by atoms with E-state index in [-0.39, 0.29) is 0 Å². The Morgan fingerprint density at radius 2 is 1.72 bits per heavy atom. The Bertz CT molecular complexity index is 293. The maximum Gasteiger partial charge on any atom is 0.303 e. The van der Waals surface area contributed by atoms with Crippen molar-refractivity contribution in [3.63, 3.8) is 0 Å². The fourth-order valence-electron chi connectivity index (χ4n) is 3.17. The standard InChI is InChI=1S/C13H22N2O3/c16-10-14-5-7-15(8-6-14)12-3-1-11(2-4-12)9-13(17)18/h10-12H,1-9H2,(H,17,18). The van der Waals surface area contributed by atoms with E-state index >= 15 is 0 Å². The fraction of sp³-hybridized carbons (Fsp3) is 0.846. The fourth-order valence-corrected chi connectivity index (χ4v) is 3.17. The van der Waals surface area contributed by atoms with E-state index in [1.54, 1.807) is 0 Å². The lowest BCUT2D eigenvalue weighted by atomic mass is 9.83. The number of piperazine rings is 1. The summed E-state index contributed by atoms with van der Waals surface area (Å²) >= 11 is 0. The van der Waals surface area contributed by atoms with Gasteiger partial charge in [-0.2, -0.15) is 0 Å². The third-order valence-electron chi connectivity index (χ3n) is 4.29. The molecule has 1 aliphatic carbocycles. The quantitative estimate of drug-likeness (QED) is 0.754. The molecule has 1 aliphatic heterocycles. The maximum atomic E-state index is 10.7. The summed E-state index contributed by atoms with van der Waals surface area (Å²) in [6.07, 6.45) is 5.54. The second-order valence-electron chi connectivity index (χ2n) is 5.45. The van der Waals surface area contributed by atoms with Gasteiger partial charge in [0.2, 0.25) is 6.41 Å². The van der Waals surface area contributed by atoms with Gasteiger partial charge in [-0.15, -0.1) is 0 Å². The molecule has 0 aromatic carbocycles. The summed E-state index contributed by atoms with van der Waals surface area (Å²) in [7, 11) is 0. The molecule has 0 radical (unpaired) electrons. The SMILES string of the molecule is O=CN1CCN(C2CCC(CC(=O)O)CC2)CC1. The normalized spacial score (nSPS) is 30.1. The van der Waals surface area contributed by atoms with E-state index in [1.807, 2.05) is 4.90 Å². The van der Waals surface area contributed by atoms with Gasteiger partial charge in [0.15, 0.2) is 0 Å². The molecule has 0 atom stereocenters. The first-order valence-electron chi connectivity index (χ1n) is 6.84. The van der Waals surface area contributed by atoms with Gasteiger partial charge in [0.1, 0.15) is 0 Å². The van der Waals surface area contributed by atoms with Crippen LogP contribution in [0.5, 0.6) is 0 Å². The Morgan fingerprint density at radius 1 is 1.11 bits per heavy atom. The zero-order valence-electron chi connectivity index (χ0n) is 10.8. The van der Waals surface area contributed by atoms with Crippen molar-refractivity contribution in [1.29, 1.82) is 0 Å². The predicted molar refractivity (Wildman–Crippen MR) is 67.2 cm³/mol. The van der Waals surface area contributed by atoms with Crippen molar-refractivity contribution in [2.45, 2.75) is 38.1 Å². The third kappa shape index (κ3) is 3.45. The van der Waals surface area contributed by atoms with Crippen molar-refractivity contribution in [2.24, 2.45) is 5.92 Å².